The van der Waals surface area contributed by atoms with E-state index in [1.165, 1.54) is 5.56 Å². The van der Waals surface area contributed by atoms with Gasteiger partial charge in [-0.15, -0.1) is 0 Å². The minimum atomic E-state index is 0.0772. The number of carbonyl (C=O) groups excluding carboxylic acids is 1. The highest BCUT2D eigenvalue weighted by atomic mass is 79.9. The first-order valence-corrected chi connectivity index (χ1v) is 9.17. The third-order valence-corrected chi connectivity index (χ3v) is 5.10. The van der Waals surface area contributed by atoms with E-state index < -0.39 is 0 Å². The molecule has 1 aliphatic heterocycles. The summed E-state index contributed by atoms with van der Waals surface area (Å²) >= 11 is 3.46. The highest BCUT2D eigenvalue weighted by Gasteiger charge is 2.23. The van der Waals surface area contributed by atoms with Crippen LogP contribution in [-0.4, -0.2) is 51.9 Å². The predicted octanol–water partition coefficient (Wildman–Crippen LogP) is 3.28. The molecule has 1 aromatic carbocycles. The van der Waals surface area contributed by atoms with Crippen LogP contribution in [0, 0.1) is 0 Å². The number of aromatic nitrogens is 2. The highest BCUT2D eigenvalue weighted by molar-refractivity contribution is 9.10. The van der Waals surface area contributed by atoms with Crippen LogP contribution in [-0.2, 0) is 6.54 Å². The Bertz CT molecular complexity index is 885. The second kappa shape index (κ2) is 6.98. The maximum Gasteiger partial charge on any atom is 0.270 e. The number of pyridine rings is 1. The number of halogens is 1. The number of benzene rings is 1. The number of piperazine rings is 1. The third kappa shape index (κ3) is 3.60. The van der Waals surface area contributed by atoms with Crippen molar-refractivity contribution in [3.05, 3.63) is 64.5 Å². The Balaban J connectivity index is 1.40. The number of amides is 1. The fourth-order valence-corrected chi connectivity index (χ4v) is 3.60. The number of fused-ring (bicyclic) bond motifs is 1. The smallest absolute Gasteiger partial charge is 0.270 e. The molecule has 5 nitrogen and oxygen atoms in total. The SMILES string of the molecule is O=C(c1cc2ccc(Br)cc2[nH]1)N1CCN(Cc2cccnc2)CC1. The summed E-state index contributed by atoms with van der Waals surface area (Å²) in [5.74, 6) is 0.0772. The first-order valence-electron chi connectivity index (χ1n) is 8.38. The zero-order chi connectivity index (χ0) is 17.2. The van der Waals surface area contributed by atoms with Crippen LogP contribution in [0.15, 0.2) is 53.3 Å². The largest absolute Gasteiger partial charge is 0.350 e. The molecule has 4 rings (SSSR count). The van der Waals surface area contributed by atoms with Crippen molar-refractivity contribution < 1.29 is 4.79 Å². The molecular formula is C19H19BrN4O. The van der Waals surface area contributed by atoms with Crippen LogP contribution in [0.25, 0.3) is 10.9 Å². The summed E-state index contributed by atoms with van der Waals surface area (Å²) in [5.41, 5.74) is 2.85. The fourth-order valence-electron chi connectivity index (χ4n) is 3.24. The molecule has 0 spiro atoms. The molecule has 128 valence electrons. The molecule has 1 aliphatic rings. The number of nitrogens with zero attached hydrogens (tertiary/aromatic N) is 3. The van der Waals surface area contributed by atoms with E-state index in [-0.39, 0.29) is 5.91 Å². The second-order valence-electron chi connectivity index (χ2n) is 6.34. The first kappa shape index (κ1) is 16.3. The molecule has 0 atom stereocenters. The summed E-state index contributed by atoms with van der Waals surface area (Å²) in [6, 6.07) is 12.0. The van der Waals surface area contributed by atoms with Gasteiger partial charge in [-0.25, -0.2) is 0 Å². The van der Waals surface area contributed by atoms with E-state index in [0.29, 0.717) is 5.69 Å². The molecule has 6 heteroatoms. The van der Waals surface area contributed by atoms with Crippen LogP contribution < -0.4 is 0 Å². The third-order valence-electron chi connectivity index (χ3n) is 4.60. The van der Waals surface area contributed by atoms with Crippen molar-refractivity contribution in [3.63, 3.8) is 0 Å². The Labute approximate surface area is 154 Å². The lowest BCUT2D eigenvalue weighted by Gasteiger charge is -2.34. The van der Waals surface area contributed by atoms with Crippen LogP contribution in [0.1, 0.15) is 16.1 Å². The molecule has 0 aliphatic carbocycles. The number of aromatic amines is 1. The standard InChI is InChI=1S/C19H19BrN4O/c20-16-4-3-15-10-18(22-17(15)11-16)19(25)24-8-6-23(7-9-24)13-14-2-1-5-21-12-14/h1-5,10-12,22H,6-9,13H2. The topological polar surface area (TPSA) is 52.2 Å². The van der Waals surface area contributed by atoms with E-state index in [1.54, 1.807) is 6.20 Å². The van der Waals surface area contributed by atoms with Crippen molar-refractivity contribution in [2.75, 3.05) is 26.2 Å². The fraction of sp³-hybridized carbons (Fsp3) is 0.263. The monoisotopic (exact) mass is 398 g/mol. The van der Waals surface area contributed by atoms with Crippen molar-refractivity contribution in [1.29, 1.82) is 0 Å². The second-order valence-corrected chi connectivity index (χ2v) is 7.26. The Morgan fingerprint density at radius 3 is 2.76 bits per heavy atom. The quantitative estimate of drug-likeness (QED) is 0.736. The summed E-state index contributed by atoms with van der Waals surface area (Å²) < 4.78 is 1.00. The van der Waals surface area contributed by atoms with E-state index >= 15 is 0 Å². The average Bonchev–Trinajstić information content (AvgIpc) is 3.06. The van der Waals surface area contributed by atoms with Gasteiger partial charge in [0.25, 0.3) is 5.91 Å². The zero-order valence-corrected chi connectivity index (χ0v) is 15.4. The molecule has 3 heterocycles. The van der Waals surface area contributed by atoms with Crippen molar-refractivity contribution in [1.82, 2.24) is 19.8 Å². The van der Waals surface area contributed by atoms with Gasteiger partial charge in [0.15, 0.2) is 0 Å². The molecule has 1 fully saturated rings. The Morgan fingerprint density at radius 2 is 2.00 bits per heavy atom. The minimum absolute atomic E-state index is 0.0772. The van der Waals surface area contributed by atoms with Gasteiger partial charge in [-0.3, -0.25) is 14.7 Å². The van der Waals surface area contributed by atoms with Gasteiger partial charge in [-0.05, 0) is 29.8 Å². The van der Waals surface area contributed by atoms with Crippen LogP contribution >= 0.6 is 15.9 Å². The van der Waals surface area contributed by atoms with Crippen molar-refractivity contribution in [2.45, 2.75) is 6.54 Å². The Morgan fingerprint density at radius 1 is 1.16 bits per heavy atom. The summed E-state index contributed by atoms with van der Waals surface area (Å²) in [6.07, 6.45) is 3.69. The molecule has 0 radical (unpaired) electrons. The van der Waals surface area contributed by atoms with Crippen molar-refractivity contribution in [3.8, 4) is 0 Å². The lowest BCUT2D eigenvalue weighted by molar-refractivity contribution is 0.0623. The zero-order valence-electron chi connectivity index (χ0n) is 13.8. The van der Waals surface area contributed by atoms with Crippen LogP contribution in [0.2, 0.25) is 0 Å². The van der Waals surface area contributed by atoms with Gasteiger partial charge in [-0.2, -0.15) is 0 Å². The van der Waals surface area contributed by atoms with Crippen LogP contribution in [0.4, 0.5) is 0 Å². The molecule has 0 saturated carbocycles. The van der Waals surface area contributed by atoms with Gasteiger partial charge < -0.3 is 9.88 Å². The average molecular weight is 399 g/mol. The van der Waals surface area contributed by atoms with Crippen molar-refractivity contribution in [2.24, 2.45) is 0 Å². The summed E-state index contributed by atoms with van der Waals surface area (Å²) in [6.45, 7) is 4.14. The molecule has 0 bridgehead atoms. The van der Waals surface area contributed by atoms with Crippen LogP contribution in [0.5, 0.6) is 0 Å². The van der Waals surface area contributed by atoms with Gasteiger partial charge in [-0.1, -0.05) is 28.1 Å². The normalized spacial score (nSPS) is 15.6. The molecule has 0 unspecified atom stereocenters. The number of carbonyl (C=O) groups is 1. The van der Waals surface area contributed by atoms with E-state index in [1.807, 2.05) is 41.4 Å². The maximum absolute atomic E-state index is 12.8. The van der Waals surface area contributed by atoms with Crippen molar-refractivity contribution >= 4 is 32.7 Å². The van der Waals surface area contributed by atoms with E-state index in [9.17, 15) is 4.79 Å². The van der Waals surface area contributed by atoms with Gasteiger partial charge in [0.2, 0.25) is 0 Å². The number of H-pyrrole nitrogens is 1. The number of rotatable bonds is 3. The van der Waals surface area contributed by atoms with E-state index in [2.05, 4.69) is 36.9 Å². The van der Waals surface area contributed by atoms with Gasteiger partial charge in [0.1, 0.15) is 5.69 Å². The molecular weight excluding hydrogens is 380 g/mol. The molecule has 3 aromatic rings. The number of hydrogen-bond donors (Lipinski definition) is 1. The number of hydrogen-bond acceptors (Lipinski definition) is 3. The van der Waals surface area contributed by atoms with Crippen LogP contribution in [0.3, 0.4) is 0 Å². The predicted molar refractivity (Wildman–Crippen MR) is 101 cm³/mol. The number of nitrogens with one attached hydrogen (secondary N) is 1. The molecule has 1 N–H and O–H groups in total. The summed E-state index contributed by atoms with van der Waals surface area (Å²) in [7, 11) is 0. The van der Waals surface area contributed by atoms with Gasteiger partial charge in [0, 0.05) is 60.5 Å². The first-order chi connectivity index (χ1) is 12.2. The van der Waals surface area contributed by atoms with E-state index in [0.717, 1.165) is 48.1 Å². The lowest BCUT2D eigenvalue weighted by atomic mass is 10.2. The van der Waals surface area contributed by atoms with Gasteiger partial charge >= 0.3 is 0 Å². The molecule has 2 aromatic heterocycles. The Kier molecular flexibility index (Phi) is 4.55. The minimum Gasteiger partial charge on any atom is -0.350 e. The van der Waals surface area contributed by atoms with Gasteiger partial charge in [0.05, 0.1) is 0 Å². The lowest BCUT2D eigenvalue weighted by Crippen LogP contribution is -2.48. The Hall–Kier alpha value is -2.18. The summed E-state index contributed by atoms with van der Waals surface area (Å²) in [4.78, 5) is 24.5. The molecule has 1 amide bonds. The van der Waals surface area contributed by atoms with E-state index in [4.69, 9.17) is 0 Å². The highest BCUT2D eigenvalue weighted by Crippen LogP contribution is 2.21. The molecule has 25 heavy (non-hydrogen) atoms. The summed E-state index contributed by atoms with van der Waals surface area (Å²) in [5, 5.41) is 1.06. The maximum atomic E-state index is 12.8. The molecule has 1 saturated heterocycles.